The van der Waals surface area contributed by atoms with E-state index in [0.717, 1.165) is 11.0 Å². The summed E-state index contributed by atoms with van der Waals surface area (Å²) in [5, 5.41) is 6.64. The standard InChI is InChI=1S/C27H51N3O/c1-5-7-8-9-10-11-12-13-14-15-16-17-18-19-20-21-22-27-28-23-24-30(27,6-2)25(3)29-26(4)31/h7-8,23-25,27-28H,5-6,9-22H2,1-4H3/p+1/b8-7+. The Hall–Kier alpha value is -1.29. The van der Waals surface area contributed by atoms with Gasteiger partial charge in [-0.3, -0.25) is 9.28 Å². The SMILES string of the molecule is CC/C=C/CCCCCCCCCCCCCCC1NC=C[N+]1(CC)C(C)NC(C)=O. The number of rotatable bonds is 19. The highest BCUT2D eigenvalue weighted by Gasteiger charge is 2.41. The first-order valence-electron chi connectivity index (χ1n) is 13.3. The number of quaternary nitrogens is 1. The third-order valence-electron chi connectivity index (χ3n) is 6.90. The van der Waals surface area contributed by atoms with Gasteiger partial charge in [0.05, 0.1) is 12.7 Å². The smallest absolute Gasteiger partial charge is 0.221 e. The van der Waals surface area contributed by atoms with Gasteiger partial charge >= 0.3 is 0 Å². The largest absolute Gasteiger partial charge is 0.338 e. The van der Waals surface area contributed by atoms with Crippen molar-refractivity contribution in [2.75, 3.05) is 6.54 Å². The first kappa shape index (κ1) is 27.7. The van der Waals surface area contributed by atoms with Crippen molar-refractivity contribution in [2.45, 2.75) is 136 Å². The summed E-state index contributed by atoms with van der Waals surface area (Å²) in [6.07, 6.45) is 29.7. The fraction of sp³-hybridized carbons (Fsp3) is 0.815. The molecule has 4 heteroatoms. The molecule has 1 aliphatic rings. The van der Waals surface area contributed by atoms with E-state index in [2.05, 4.69) is 56.0 Å². The molecule has 0 aliphatic carbocycles. The molecule has 0 fully saturated rings. The fourth-order valence-corrected chi connectivity index (χ4v) is 4.92. The molecule has 180 valence electrons. The van der Waals surface area contributed by atoms with Crippen molar-refractivity contribution < 1.29 is 9.28 Å². The van der Waals surface area contributed by atoms with Crippen LogP contribution in [0.3, 0.4) is 0 Å². The number of nitrogens with zero attached hydrogens (tertiary/aromatic N) is 1. The Morgan fingerprint density at radius 3 is 2.00 bits per heavy atom. The molecule has 0 bridgehead atoms. The van der Waals surface area contributed by atoms with E-state index < -0.39 is 0 Å². The van der Waals surface area contributed by atoms with E-state index in [9.17, 15) is 4.79 Å². The van der Waals surface area contributed by atoms with Crippen molar-refractivity contribution in [3.8, 4) is 0 Å². The van der Waals surface area contributed by atoms with Crippen molar-refractivity contribution in [3.63, 3.8) is 0 Å². The van der Waals surface area contributed by atoms with Crippen LogP contribution in [0.5, 0.6) is 0 Å². The summed E-state index contributed by atoms with van der Waals surface area (Å²) in [5.74, 6) is 0.0531. The minimum absolute atomic E-state index is 0.0531. The zero-order valence-electron chi connectivity index (χ0n) is 21.1. The predicted molar refractivity (Wildman–Crippen MR) is 134 cm³/mol. The minimum Gasteiger partial charge on any atom is -0.338 e. The minimum atomic E-state index is 0.0531. The lowest BCUT2D eigenvalue weighted by atomic mass is 10.0. The summed E-state index contributed by atoms with van der Waals surface area (Å²) in [6.45, 7) is 9.15. The summed E-state index contributed by atoms with van der Waals surface area (Å²) in [4.78, 5) is 11.5. The summed E-state index contributed by atoms with van der Waals surface area (Å²) in [7, 11) is 0. The van der Waals surface area contributed by atoms with Crippen LogP contribution in [0.15, 0.2) is 24.6 Å². The number of hydrogen-bond donors (Lipinski definition) is 2. The fourth-order valence-electron chi connectivity index (χ4n) is 4.92. The molecular weight excluding hydrogens is 382 g/mol. The molecule has 3 atom stereocenters. The Bertz CT molecular complexity index is 517. The van der Waals surface area contributed by atoms with E-state index in [-0.39, 0.29) is 12.1 Å². The molecule has 0 aromatic carbocycles. The quantitative estimate of drug-likeness (QED) is 0.129. The first-order valence-corrected chi connectivity index (χ1v) is 13.3. The highest BCUT2D eigenvalue weighted by Crippen LogP contribution is 2.26. The molecule has 1 amide bonds. The maximum Gasteiger partial charge on any atom is 0.221 e. The van der Waals surface area contributed by atoms with Crippen LogP contribution in [-0.4, -0.2) is 29.3 Å². The van der Waals surface area contributed by atoms with E-state index in [0.29, 0.717) is 6.17 Å². The van der Waals surface area contributed by atoms with Crippen LogP contribution in [0.25, 0.3) is 0 Å². The highest BCUT2D eigenvalue weighted by atomic mass is 16.1. The number of nitrogens with one attached hydrogen (secondary N) is 2. The molecule has 0 aromatic rings. The van der Waals surface area contributed by atoms with Gasteiger partial charge in [-0.05, 0) is 32.6 Å². The number of amides is 1. The van der Waals surface area contributed by atoms with Crippen LogP contribution < -0.4 is 10.6 Å². The number of hydrogen-bond acceptors (Lipinski definition) is 2. The van der Waals surface area contributed by atoms with Crippen LogP contribution in [0.2, 0.25) is 0 Å². The molecule has 0 saturated heterocycles. The molecule has 0 spiro atoms. The van der Waals surface area contributed by atoms with Gasteiger partial charge in [0.2, 0.25) is 5.91 Å². The number of carbonyl (C=O) groups is 1. The van der Waals surface area contributed by atoms with Crippen molar-refractivity contribution in [2.24, 2.45) is 0 Å². The van der Waals surface area contributed by atoms with Gasteiger partial charge in [-0.15, -0.1) is 0 Å². The summed E-state index contributed by atoms with van der Waals surface area (Å²) < 4.78 is 0.815. The lowest BCUT2D eigenvalue weighted by Crippen LogP contribution is -2.62. The lowest BCUT2D eigenvalue weighted by molar-refractivity contribution is -0.923. The summed E-state index contributed by atoms with van der Waals surface area (Å²) >= 11 is 0. The molecule has 1 rings (SSSR count). The molecule has 3 unspecified atom stereocenters. The van der Waals surface area contributed by atoms with Crippen LogP contribution in [0, 0.1) is 0 Å². The summed E-state index contributed by atoms with van der Waals surface area (Å²) in [5.41, 5.74) is 0. The van der Waals surface area contributed by atoms with Gasteiger partial charge < -0.3 is 10.6 Å². The van der Waals surface area contributed by atoms with E-state index in [1.807, 2.05) is 0 Å². The maximum atomic E-state index is 11.5. The van der Waals surface area contributed by atoms with Gasteiger partial charge in [-0.25, -0.2) is 0 Å². The first-order chi connectivity index (χ1) is 15.1. The second-order valence-electron chi connectivity index (χ2n) is 9.39. The van der Waals surface area contributed by atoms with E-state index in [1.54, 1.807) is 6.92 Å². The van der Waals surface area contributed by atoms with Crippen molar-refractivity contribution >= 4 is 5.91 Å². The predicted octanol–water partition coefficient (Wildman–Crippen LogP) is 7.13. The molecule has 4 nitrogen and oxygen atoms in total. The van der Waals surface area contributed by atoms with Gasteiger partial charge in [0.1, 0.15) is 6.20 Å². The Morgan fingerprint density at radius 1 is 0.935 bits per heavy atom. The summed E-state index contributed by atoms with van der Waals surface area (Å²) in [6, 6.07) is 0. The van der Waals surface area contributed by atoms with Gasteiger partial charge in [0.15, 0.2) is 12.3 Å². The third kappa shape index (κ3) is 11.2. The second kappa shape index (κ2) is 17.3. The van der Waals surface area contributed by atoms with Crippen molar-refractivity contribution in [3.05, 3.63) is 24.6 Å². The zero-order chi connectivity index (χ0) is 22.8. The second-order valence-corrected chi connectivity index (χ2v) is 9.39. The van der Waals surface area contributed by atoms with Gasteiger partial charge in [-0.1, -0.05) is 83.3 Å². The normalized spacial score (nSPS) is 21.5. The maximum absolute atomic E-state index is 11.5. The Balaban J connectivity index is 2.00. The Kier molecular flexibility index (Phi) is 15.5. The van der Waals surface area contributed by atoms with Gasteiger partial charge in [-0.2, -0.15) is 0 Å². The van der Waals surface area contributed by atoms with Crippen LogP contribution >= 0.6 is 0 Å². The molecule has 31 heavy (non-hydrogen) atoms. The molecule has 0 saturated carbocycles. The van der Waals surface area contributed by atoms with E-state index in [4.69, 9.17) is 0 Å². The van der Waals surface area contributed by atoms with Crippen LogP contribution in [-0.2, 0) is 4.79 Å². The molecule has 2 N–H and O–H groups in total. The topological polar surface area (TPSA) is 41.1 Å². The monoisotopic (exact) mass is 434 g/mol. The third-order valence-corrected chi connectivity index (χ3v) is 6.90. The molecule has 0 aromatic heterocycles. The van der Waals surface area contributed by atoms with E-state index in [1.165, 1.54) is 96.3 Å². The Labute approximate surface area is 193 Å². The number of unbranched alkanes of at least 4 members (excludes halogenated alkanes) is 12. The zero-order valence-corrected chi connectivity index (χ0v) is 21.1. The Morgan fingerprint density at radius 2 is 1.48 bits per heavy atom. The van der Waals surface area contributed by atoms with Crippen molar-refractivity contribution in [1.82, 2.24) is 10.6 Å². The van der Waals surface area contributed by atoms with Gasteiger partial charge in [0, 0.05) is 20.3 Å². The van der Waals surface area contributed by atoms with Crippen molar-refractivity contribution in [1.29, 1.82) is 0 Å². The average molecular weight is 435 g/mol. The average Bonchev–Trinajstić information content (AvgIpc) is 3.17. The lowest BCUT2D eigenvalue weighted by Gasteiger charge is -2.41. The van der Waals surface area contributed by atoms with Crippen LogP contribution in [0.4, 0.5) is 0 Å². The van der Waals surface area contributed by atoms with Crippen LogP contribution in [0.1, 0.15) is 124 Å². The molecule has 1 aliphatic heterocycles. The van der Waals surface area contributed by atoms with E-state index >= 15 is 0 Å². The molecular formula is C27H52N3O+. The molecule has 0 radical (unpaired) electrons. The number of carbonyl (C=O) groups excluding carboxylic acids is 1. The number of allylic oxidation sites excluding steroid dienone is 2. The van der Waals surface area contributed by atoms with Gasteiger partial charge in [0.25, 0.3) is 0 Å². The highest BCUT2D eigenvalue weighted by molar-refractivity contribution is 5.72. The molecule has 1 heterocycles.